The SMILES string of the molecule is Cc1nn(-c2ncc(F)cc2CNC(C)(C)C)c(C)c1Br. The van der Waals surface area contributed by atoms with Gasteiger partial charge in [0.05, 0.1) is 22.1 Å². The molecule has 0 fully saturated rings. The van der Waals surface area contributed by atoms with Crippen LogP contribution in [0.25, 0.3) is 5.82 Å². The van der Waals surface area contributed by atoms with E-state index in [2.05, 4.69) is 52.1 Å². The van der Waals surface area contributed by atoms with Crippen molar-refractivity contribution in [2.24, 2.45) is 0 Å². The van der Waals surface area contributed by atoms with Crippen LogP contribution in [0.1, 0.15) is 37.7 Å². The van der Waals surface area contributed by atoms with Crippen molar-refractivity contribution in [1.29, 1.82) is 0 Å². The molecule has 1 N–H and O–H groups in total. The third-order valence-corrected chi connectivity index (χ3v) is 4.27. The van der Waals surface area contributed by atoms with Crippen LogP contribution in [-0.4, -0.2) is 20.3 Å². The highest BCUT2D eigenvalue weighted by molar-refractivity contribution is 9.10. The summed E-state index contributed by atoms with van der Waals surface area (Å²) in [6, 6.07) is 1.51. The van der Waals surface area contributed by atoms with Gasteiger partial charge < -0.3 is 5.32 Å². The number of pyridine rings is 1. The first-order chi connectivity index (χ1) is 9.69. The van der Waals surface area contributed by atoms with Crippen molar-refractivity contribution in [3.63, 3.8) is 0 Å². The van der Waals surface area contributed by atoms with Gasteiger partial charge in [0.15, 0.2) is 5.82 Å². The molecule has 2 rings (SSSR count). The van der Waals surface area contributed by atoms with Crippen LogP contribution in [0.4, 0.5) is 4.39 Å². The molecule has 0 spiro atoms. The zero-order chi connectivity index (χ0) is 15.8. The van der Waals surface area contributed by atoms with E-state index in [1.165, 1.54) is 12.3 Å². The first-order valence-corrected chi connectivity index (χ1v) is 7.60. The molecule has 2 heterocycles. The van der Waals surface area contributed by atoms with E-state index in [9.17, 15) is 4.39 Å². The average Bonchev–Trinajstić information content (AvgIpc) is 2.63. The van der Waals surface area contributed by atoms with Crippen LogP contribution in [-0.2, 0) is 6.54 Å². The van der Waals surface area contributed by atoms with Crippen molar-refractivity contribution in [3.05, 3.63) is 39.5 Å². The highest BCUT2D eigenvalue weighted by Crippen LogP contribution is 2.24. The number of nitrogens with zero attached hydrogens (tertiary/aromatic N) is 3. The van der Waals surface area contributed by atoms with E-state index in [-0.39, 0.29) is 11.4 Å². The van der Waals surface area contributed by atoms with E-state index in [4.69, 9.17) is 0 Å². The Balaban J connectivity index is 2.46. The fraction of sp³-hybridized carbons (Fsp3) is 0.467. The van der Waals surface area contributed by atoms with Crippen molar-refractivity contribution < 1.29 is 4.39 Å². The Kier molecular flexibility index (Phi) is 4.49. The predicted molar refractivity (Wildman–Crippen MR) is 85.1 cm³/mol. The van der Waals surface area contributed by atoms with E-state index in [0.717, 1.165) is 21.4 Å². The van der Waals surface area contributed by atoms with Crippen molar-refractivity contribution in [3.8, 4) is 5.82 Å². The molecule has 2 aromatic heterocycles. The Bertz CT molecular complexity index is 658. The highest BCUT2D eigenvalue weighted by Gasteiger charge is 2.17. The van der Waals surface area contributed by atoms with E-state index in [1.54, 1.807) is 4.68 Å². The van der Waals surface area contributed by atoms with Gasteiger partial charge >= 0.3 is 0 Å². The molecular formula is C15H20BrFN4. The van der Waals surface area contributed by atoms with Crippen LogP contribution in [0.2, 0.25) is 0 Å². The van der Waals surface area contributed by atoms with Gasteiger partial charge in [-0.15, -0.1) is 0 Å². The van der Waals surface area contributed by atoms with Crippen LogP contribution in [0, 0.1) is 19.7 Å². The zero-order valence-corrected chi connectivity index (χ0v) is 14.5. The Morgan fingerprint density at radius 3 is 2.52 bits per heavy atom. The number of aryl methyl sites for hydroxylation is 1. The lowest BCUT2D eigenvalue weighted by Crippen LogP contribution is -2.35. The molecule has 0 aliphatic heterocycles. The fourth-order valence-electron chi connectivity index (χ4n) is 1.99. The summed E-state index contributed by atoms with van der Waals surface area (Å²) in [5, 5.41) is 7.83. The van der Waals surface area contributed by atoms with Crippen molar-refractivity contribution in [2.75, 3.05) is 0 Å². The molecule has 114 valence electrons. The summed E-state index contributed by atoms with van der Waals surface area (Å²) in [4.78, 5) is 4.23. The van der Waals surface area contributed by atoms with Gasteiger partial charge in [-0.25, -0.2) is 14.1 Å². The Hall–Kier alpha value is -1.27. The summed E-state index contributed by atoms with van der Waals surface area (Å²) in [6.07, 6.45) is 1.22. The predicted octanol–water partition coefficient (Wildman–Crippen LogP) is 3.67. The third-order valence-electron chi connectivity index (χ3n) is 3.12. The quantitative estimate of drug-likeness (QED) is 0.914. The van der Waals surface area contributed by atoms with Crippen molar-refractivity contribution in [1.82, 2.24) is 20.1 Å². The zero-order valence-electron chi connectivity index (χ0n) is 13.0. The van der Waals surface area contributed by atoms with Gasteiger partial charge in [0.2, 0.25) is 0 Å². The van der Waals surface area contributed by atoms with Crippen LogP contribution >= 0.6 is 15.9 Å². The molecule has 0 saturated carbocycles. The van der Waals surface area contributed by atoms with E-state index < -0.39 is 0 Å². The number of hydrogen-bond acceptors (Lipinski definition) is 3. The highest BCUT2D eigenvalue weighted by atomic mass is 79.9. The van der Waals surface area contributed by atoms with Gasteiger partial charge in [-0.1, -0.05) is 0 Å². The maximum atomic E-state index is 13.5. The Labute approximate surface area is 132 Å². The van der Waals surface area contributed by atoms with Crippen molar-refractivity contribution >= 4 is 15.9 Å². The van der Waals surface area contributed by atoms with E-state index >= 15 is 0 Å². The van der Waals surface area contributed by atoms with E-state index in [1.807, 2.05) is 13.8 Å². The molecule has 4 nitrogen and oxygen atoms in total. The number of nitrogens with one attached hydrogen (secondary N) is 1. The van der Waals surface area contributed by atoms with Gasteiger partial charge in [-0.3, -0.25) is 0 Å². The third kappa shape index (κ3) is 3.68. The molecule has 0 aromatic carbocycles. The molecule has 0 unspecified atom stereocenters. The first-order valence-electron chi connectivity index (χ1n) is 6.80. The molecular weight excluding hydrogens is 335 g/mol. The summed E-state index contributed by atoms with van der Waals surface area (Å²) in [5.41, 5.74) is 2.55. The van der Waals surface area contributed by atoms with Gasteiger partial charge in [0.1, 0.15) is 5.82 Å². The van der Waals surface area contributed by atoms with Gasteiger partial charge in [-0.05, 0) is 56.6 Å². The minimum absolute atomic E-state index is 0.0563. The number of aromatic nitrogens is 3. The minimum atomic E-state index is -0.343. The Morgan fingerprint density at radius 2 is 2.00 bits per heavy atom. The van der Waals surface area contributed by atoms with Crippen molar-refractivity contribution in [2.45, 2.75) is 46.7 Å². The number of halogens is 2. The van der Waals surface area contributed by atoms with Crippen LogP contribution < -0.4 is 5.32 Å². The number of rotatable bonds is 3. The number of hydrogen-bond donors (Lipinski definition) is 1. The maximum Gasteiger partial charge on any atom is 0.158 e. The monoisotopic (exact) mass is 354 g/mol. The summed E-state index contributed by atoms with van der Waals surface area (Å²) >= 11 is 3.51. The lowest BCUT2D eigenvalue weighted by atomic mass is 10.1. The van der Waals surface area contributed by atoms with E-state index in [0.29, 0.717) is 12.4 Å². The topological polar surface area (TPSA) is 42.7 Å². The van der Waals surface area contributed by atoms with Crippen LogP contribution in [0.3, 0.4) is 0 Å². The molecule has 0 bridgehead atoms. The molecule has 0 atom stereocenters. The van der Waals surface area contributed by atoms with Crippen LogP contribution in [0.5, 0.6) is 0 Å². The molecule has 0 radical (unpaired) electrons. The van der Waals surface area contributed by atoms with Gasteiger partial charge in [0, 0.05) is 17.6 Å². The largest absolute Gasteiger partial charge is 0.308 e. The summed E-state index contributed by atoms with van der Waals surface area (Å²) in [6.45, 7) is 10.6. The summed E-state index contributed by atoms with van der Waals surface area (Å²) in [7, 11) is 0. The molecule has 2 aromatic rings. The molecule has 21 heavy (non-hydrogen) atoms. The smallest absolute Gasteiger partial charge is 0.158 e. The molecule has 0 aliphatic carbocycles. The molecule has 0 amide bonds. The average molecular weight is 355 g/mol. The molecule has 0 aliphatic rings. The van der Waals surface area contributed by atoms with Crippen LogP contribution in [0.15, 0.2) is 16.7 Å². The standard InChI is InChI=1S/C15H20BrFN4/c1-9-13(16)10(2)21(20-9)14-11(6-12(17)8-18-14)7-19-15(3,4)5/h6,8,19H,7H2,1-5H3. The second-order valence-corrected chi connectivity index (χ2v) is 6.93. The second kappa shape index (κ2) is 5.85. The maximum absolute atomic E-state index is 13.5. The summed E-state index contributed by atoms with van der Waals surface area (Å²) in [5.74, 6) is 0.310. The normalized spacial score (nSPS) is 12.0. The van der Waals surface area contributed by atoms with Gasteiger partial charge in [0.25, 0.3) is 0 Å². The fourth-order valence-corrected chi connectivity index (χ4v) is 2.23. The lowest BCUT2D eigenvalue weighted by molar-refractivity contribution is 0.422. The van der Waals surface area contributed by atoms with Gasteiger partial charge in [-0.2, -0.15) is 5.10 Å². The second-order valence-electron chi connectivity index (χ2n) is 6.14. The lowest BCUT2D eigenvalue weighted by Gasteiger charge is -2.21. The first kappa shape index (κ1) is 16.1. The molecule has 6 heteroatoms. The molecule has 0 saturated heterocycles. The summed E-state index contributed by atoms with van der Waals surface area (Å²) < 4.78 is 16.2. The Morgan fingerprint density at radius 1 is 1.33 bits per heavy atom. The minimum Gasteiger partial charge on any atom is -0.308 e.